The van der Waals surface area contributed by atoms with Gasteiger partial charge in [-0.2, -0.15) is 0 Å². The first-order valence-electron chi connectivity index (χ1n) is 53.2. The van der Waals surface area contributed by atoms with E-state index in [1.54, 1.807) is 0 Å². The highest BCUT2D eigenvalue weighted by Gasteiger charge is 2.52. The molecule has 22 heteroatoms. The van der Waals surface area contributed by atoms with E-state index in [0.29, 0.717) is 70.6 Å². The molecule has 0 spiro atoms. The summed E-state index contributed by atoms with van der Waals surface area (Å²) in [7, 11) is 0. The lowest BCUT2D eigenvalue weighted by Gasteiger charge is -2.45. The van der Waals surface area contributed by atoms with E-state index in [4.69, 9.17) is 37.9 Å². The van der Waals surface area contributed by atoms with Crippen molar-refractivity contribution in [3.8, 4) is 0 Å². The molecule has 0 aromatic carbocycles. The average Bonchev–Trinajstić information content (AvgIpc) is 0.788. The lowest BCUT2D eigenvalue weighted by atomic mass is 9.95. The highest BCUT2D eigenvalue weighted by molar-refractivity contribution is 5.79. The number of hydrogen-bond acceptors (Lipinski definition) is 20. The van der Waals surface area contributed by atoms with Crippen LogP contribution in [0.15, 0.2) is 0 Å². The fourth-order valence-electron chi connectivity index (χ4n) is 17.7. The predicted molar refractivity (Wildman–Crippen MR) is 505 cm³/mol. The molecule has 22 nitrogen and oxygen atoms in total. The largest absolute Gasteiger partial charge is 0.462 e. The number of rotatable bonds is 89. The van der Waals surface area contributed by atoms with Crippen molar-refractivity contribution < 1.29 is 97.0 Å². The van der Waals surface area contributed by atoms with E-state index < -0.39 is 153 Å². The number of esters is 5. The van der Waals surface area contributed by atoms with Crippen LogP contribution in [0.2, 0.25) is 0 Å². The minimum Gasteiger partial charge on any atom is -0.462 e. The van der Waals surface area contributed by atoms with E-state index in [2.05, 4.69) is 59.1 Å². The molecule has 0 radical (unpaired) electrons. The number of carbonyl (C=O) groups excluding carboxylic acids is 7. The molecule has 0 aromatic rings. The van der Waals surface area contributed by atoms with Crippen LogP contribution in [0, 0.1) is 0 Å². The molecular weight excluding hydrogens is 1600 g/mol. The maximum Gasteiger partial charge on any atom is 0.310 e. The molecule has 2 aliphatic rings. The van der Waals surface area contributed by atoms with E-state index in [9.17, 15) is 54.3 Å². The van der Waals surface area contributed by atoms with Gasteiger partial charge in [0.15, 0.2) is 24.8 Å². The summed E-state index contributed by atoms with van der Waals surface area (Å²) >= 11 is 0. The quantitative estimate of drug-likeness (QED) is 0.0169. The van der Waals surface area contributed by atoms with Crippen molar-refractivity contribution in [3.05, 3.63) is 0 Å². The first-order chi connectivity index (χ1) is 61.4. The summed E-state index contributed by atoms with van der Waals surface area (Å²) in [5, 5.41) is 65.1. The lowest BCUT2D eigenvalue weighted by molar-refractivity contribution is -0.300. The Morgan fingerprint density at radius 3 is 0.857 bits per heavy atom. The summed E-state index contributed by atoms with van der Waals surface area (Å²) in [5.74, 6) is -4.45. The molecule has 14 atom stereocenters. The maximum absolute atomic E-state index is 15.0. The number of ether oxygens (including phenoxy) is 8. The molecule has 0 unspecified atom stereocenters. The van der Waals surface area contributed by atoms with E-state index in [1.807, 2.05) is 0 Å². The number of unbranched alkanes of at least 4 members (excludes halogenated alkanes) is 56. The number of aliphatic hydroxyl groups is 5. The number of nitrogens with one attached hydrogen (secondary N) is 2. The van der Waals surface area contributed by atoms with Crippen LogP contribution < -0.4 is 10.6 Å². The van der Waals surface area contributed by atoms with Gasteiger partial charge in [0.2, 0.25) is 11.8 Å². The minimum absolute atomic E-state index is 0.173. The van der Waals surface area contributed by atoms with Crippen LogP contribution in [0.1, 0.15) is 524 Å². The van der Waals surface area contributed by atoms with Crippen molar-refractivity contribution in [2.75, 3.05) is 13.2 Å². The van der Waals surface area contributed by atoms with Crippen molar-refractivity contribution in [3.63, 3.8) is 0 Å². The summed E-state index contributed by atoms with van der Waals surface area (Å²) in [5.41, 5.74) is 0. The van der Waals surface area contributed by atoms with Gasteiger partial charge in [-0.15, -0.1) is 0 Å². The summed E-state index contributed by atoms with van der Waals surface area (Å²) in [6.07, 6.45) is 49.5. The standard InChI is InChI=1S/C104H194N2O20/c1-8-15-22-29-36-41-42-43-44-49-56-63-69-75-92(111)120-85(72-65-59-52-45-37-30-23-16-9-2)79-90(109)105-97-101(125-95(114)78-84(108)71-64-57-50-34-27-20-13-6)100(117)89(123-103(97)118)83-119-104-98(106-91(110)80-86(73-66-60-53-46-38-31-24-17-10-3)121-93(112)76-68-61-54-47-39-32-25-18-11-4)102(99(116)88(82-107)124-104)126-96(115)81-87(74-67-58-51-35-28-21-14-7)122-94(113)77-70-62-55-48-40-33-26-19-12-5/h84-89,97-104,107-108,116-118H,8-83H2,1-7H3,(H,105,109)(H,106,110)/t84-,85-,86-,87-,88-,89-,97-,98-,99-,100-,101-,102-,103+,104-/m1/s1. The van der Waals surface area contributed by atoms with Gasteiger partial charge < -0.3 is 74.1 Å². The van der Waals surface area contributed by atoms with Crippen LogP contribution in [-0.4, -0.2) is 166 Å². The third-order valence-corrected chi connectivity index (χ3v) is 25.7. The van der Waals surface area contributed by atoms with Crippen molar-refractivity contribution in [1.29, 1.82) is 0 Å². The van der Waals surface area contributed by atoms with Gasteiger partial charge in [0, 0.05) is 19.3 Å². The number of amides is 2. The Kier molecular flexibility index (Phi) is 77.6. The summed E-state index contributed by atoms with van der Waals surface area (Å²) < 4.78 is 49.7. The van der Waals surface area contributed by atoms with Gasteiger partial charge in [-0.25, -0.2) is 0 Å². The van der Waals surface area contributed by atoms with Crippen LogP contribution in [-0.2, 0) is 71.5 Å². The van der Waals surface area contributed by atoms with Crippen molar-refractivity contribution >= 4 is 41.7 Å². The molecule has 0 aromatic heterocycles. The van der Waals surface area contributed by atoms with Crippen LogP contribution in [0.4, 0.5) is 0 Å². The van der Waals surface area contributed by atoms with Gasteiger partial charge in [-0.05, 0) is 64.2 Å². The zero-order chi connectivity index (χ0) is 91.9. The molecule has 2 heterocycles. The highest BCUT2D eigenvalue weighted by Crippen LogP contribution is 2.32. The van der Waals surface area contributed by atoms with Crippen LogP contribution in [0.25, 0.3) is 0 Å². The van der Waals surface area contributed by atoms with E-state index in [-0.39, 0.29) is 32.1 Å². The molecule has 126 heavy (non-hydrogen) atoms. The van der Waals surface area contributed by atoms with Crippen LogP contribution >= 0.6 is 0 Å². The third kappa shape index (κ3) is 63.2. The second-order valence-electron chi connectivity index (χ2n) is 37.7. The average molecular weight is 1790 g/mol. The summed E-state index contributed by atoms with van der Waals surface area (Å²) in [6, 6.07) is -3.22. The first kappa shape index (κ1) is 118. The van der Waals surface area contributed by atoms with Gasteiger partial charge in [-0.3, -0.25) is 33.6 Å². The molecule has 7 N–H and O–H groups in total. The molecule has 2 aliphatic heterocycles. The monoisotopic (exact) mass is 1790 g/mol. The fourth-order valence-corrected chi connectivity index (χ4v) is 17.7. The first-order valence-corrected chi connectivity index (χ1v) is 53.2. The topological polar surface area (TPSA) is 319 Å². The number of hydrogen-bond donors (Lipinski definition) is 7. The molecule has 2 fully saturated rings. The molecule has 2 amide bonds. The Hall–Kier alpha value is -4.03. The Balaban J connectivity index is 2.69. The minimum atomic E-state index is -2.00. The Morgan fingerprint density at radius 2 is 0.548 bits per heavy atom. The molecule has 0 saturated carbocycles. The Labute approximate surface area is 767 Å². The molecule has 0 aliphatic carbocycles. The zero-order valence-electron chi connectivity index (χ0n) is 81.7. The highest BCUT2D eigenvalue weighted by atomic mass is 16.7. The Bertz CT molecular complexity index is 2590. The van der Waals surface area contributed by atoms with Crippen LogP contribution in [0.5, 0.6) is 0 Å². The number of carbonyl (C=O) groups is 7. The van der Waals surface area contributed by atoms with E-state index in [0.717, 1.165) is 205 Å². The van der Waals surface area contributed by atoms with Gasteiger partial charge in [0.1, 0.15) is 54.8 Å². The van der Waals surface area contributed by atoms with Gasteiger partial charge in [0.25, 0.3) is 0 Å². The molecule has 0 bridgehead atoms. The smallest absolute Gasteiger partial charge is 0.310 e. The molecular formula is C104H194N2O20. The normalized spacial score (nSPS) is 19.8. The Morgan fingerprint density at radius 1 is 0.294 bits per heavy atom. The second kappa shape index (κ2) is 82.8. The summed E-state index contributed by atoms with van der Waals surface area (Å²) in [6.45, 7) is 13.8. The van der Waals surface area contributed by atoms with E-state index in [1.165, 1.54) is 154 Å². The predicted octanol–water partition coefficient (Wildman–Crippen LogP) is 24.1. The fraction of sp³-hybridized carbons (Fsp3) is 0.933. The SMILES string of the molecule is CCCCCCCCCCCCCCCC(=O)O[C@H](CCCCCCCCCCC)CC(=O)N[C@@H]1[C@@H](OC(=O)C[C@H](O)CCCCCCCCC)[C@H](O)[C@@H](CO[C@@H]2O[C@H](CO)[C@@H](O)[C@H](OC(=O)C[C@@H](CCCCCCCCC)OC(=O)CCCCCCCCCCC)[C@H]2NC(=O)C[C@@H](CCCCCCCCCCC)OC(=O)CCCCCCCCCCC)O[C@@H]1O. The van der Waals surface area contributed by atoms with Crippen molar-refractivity contribution in [1.82, 2.24) is 10.6 Å². The van der Waals surface area contributed by atoms with E-state index >= 15 is 4.79 Å². The second-order valence-corrected chi connectivity index (χ2v) is 37.7. The van der Waals surface area contributed by atoms with Gasteiger partial charge in [0.05, 0.1) is 45.0 Å². The van der Waals surface area contributed by atoms with Crippen LogP contribution in [0.3, 0.4) is 0 Å². The lowest BCUT2D eigenvalue weighted by Crippen LogP contribution is -2.67. The van der Waals surface area contributed by atoms with Crippen molar-refractivity contribution in [2.24, 2.45) is 0 Å². The van der Waals surface area contributed by atoms with Crippen molar-refractivity contribution in [2.45, 2.75) is 609 Å². The zero-order valence-corrected chi connectivity index (χ0v) is 81.7. The summed E-state index contributed by atoms with van der Waals surface area (Å²) in [4.78, 5) is 99.8. The molecule has 740 valence electrons. The third-order valence-electron chi connectivity index (χ3n) is 25.7. The molecule has 2 saturated heterocycles. The van der Waals surface area contributed by atoms with Gasteiger partial charge >= 0.3 is 29.8 Å². The van der Waals surface area contributed by atoms with Gasteiger partial charge in [-0.1, -0.05) is 414 Å². The maximum atomic E-state index is 15.0. The molecule has 2 rings (SSSR count). The number of aliphatic hydroxyl groups excluding tert-OH is 5.